The maximum atomic E-state index is 12.6. The number of ketones is 2. The largest absolute Gasteiger partial charge is 0.468 e. The molecule has 6 nitrogen and oxygen atoms in total. The van der Waals surface area contributed by atoms with Crippen LogP contribution in [0.15, 0.2) is 35.8 Å². The summed E-state index contributed by atoms with van der Waals surface area (Å²) in [6.45, 7) is 4.91. The number of carbonyl (C=O) groups is 2. The summed E-state index contributed by atoms with van der Waals surface area (Å²) >= 11 is 0. The van der Waals surface area contributed by atoms with Crippen molar-refractivity contribution in [2.45, 2.75) is 45.0 Å². The Morgan fingerprint density at radius 3 is 2.52 bits per heavy atom. The molecular weight excluding hydrogens is 300 g/mol. The van der Waals surface area contributed by atoms with Gasteiger partial charge in [0.15, 0.2) is 11.4 Å². The lowest BCUT2D eigenvalue weighted by atomic mass is 9.93. The van der Waals surface area contributed by atoms with E-state index in [0.717, 1.165) is 0 Å². The van der Waals surface area contributed by atoms with E-state index < -0.39 is 17.5 Å². The van der Waals surface area contributed by atoms with Gasteiger partial charge in [0.05, 0.1) is 19.3 Å². The van der Waals surface area contributed by atoms with E-state index >= 15 is 0 Å². The molecule has 1 rings (SSSR count). The third-order valence-electron chi connectivity index (χ3n) is 3.44. The first-order valence-electron chi connectivity index (χ1n) is 7.37. The highest BCUT2D eigenvalue weighted by Gasteiger charge is 2.47. The number of ether oxygens (including phenoxy) is 3. The number of Topliss-reactive ketones (excluding diaryl/α,β-unsaturated/α-hetero) is 2. The molecule has 0 saturated heterocycles. The topological polar surface area (TPSA) is 82.1 Å². The van der Waals surface area contributed by atoms with Gasteiger partial charge < -0.3 is 19.3 Å². The van der Waals surface area contributed by atoms with Gasteiger partial charge in [-0.3, -0.25) is 9.59 Å². The predicted octanol–water partition coefficient (Wildman–Crippen LogP) is 1.69. The molecular formula is C17H24O6. The van der Waals surface area contributed by atoms with Gasteiger partial charge in [-0.15, -0.1) is 0 Å². The van der Waals surface area contributed by atoms with Gasteiger partial charge in [-0.1, -0.05) is 18.2 Å². The highest BCUT2D eigenvalue weighted by atomic mass is 16.7. The molecule has 1 heterocycles. The minimum atomic E-state index is -1.31. The average Bonchev–Trinajstić information content (AvgIpc) is 2.75. The molecule has 3 atom stereocenters. The van der Waals surface area contributed by atoms with Crippen LogP contribution in [0.1, 0.15) is 27.2 Å². The van der Waals surface area contributed by atoms with Crippen molar-refractivity contribution in [1.82, 2.24) is 0 Å². The number of methoxy groups -OCH3 is 2. The van der Waals surface area contributed by atoms with Crippen molar-refractivity contribution < 1.29 is 28.9 Å². The van der Waals surface area contributed by atoms with Crippen LogP contribution in [0.25, 0.3) is 0 Å². The fourth-order valence-electron chi connectivity index (χ4n) is 2.04. The number of rotatable bonds is 8. The number of hydrogen-bond donors (Lipinski definition) is 1. The van der Waals surface area contributed by atoms with Gasteiger partial charge in [-0.05, 0) is 26.8 Å². The molecule has 23 heavy (non-hydrogen) atoms. The molecule has 0 aromatic heterocycles. The minimum Gasteiger partial charge on any atom is -0.468 e. The Morgan fingerprint density at radius 1 is 1.35 bits per heavy atom. The maximum Gasteiger partial charge on any atom is 0.295 e. The molecule has 0 aliphatic carbocycles. The SMILES string of the molecule is COC1=C(C(=O)C[C@@H](C)OC)C(=O)[C@](C)(C=CC=C[C@H](C)O)O1. The molecule has 0 fully saturated rings. The van der Waals surface area contributed by atoms with Crippen LogP contribution in [0.5, 0.6) is 0 Å². The highest BCUT2D eigenvalue weighted by Crippen LogP contribution is 2.33. The van der Waals surface area contributed by atoms with Gasteiger partial charge >= 0.3 is 0 Å². The van der Waals surface area contributed by atoms with Crippen molar-refractivity contribution in [3.8, 4) is 0 Å². The molecule has 0 radical (unpaired) electrons. The van der Waals surface area contributed by atoms with Crippen molar-refractivity contribution in [3.63, 3.8) is 0 Å². The van der Waals surface area contributed by atoms with Gasteiger partial charge in [0.1, 0.15) is 5.57 Å². The standard InChI is InChI=1S/C17H24O6/c1-11(18)8-6-7-9-17(3)15(20)14(16(22-5)23-17)13(19)10-12(2)21-4/h6-9,11-12,18H,10H2,1-5H3/t11-,12+,17-/m0/s1. The van der Waals surface area contributed by atoms with E-state index in [0.29, 0.717) is 0 Å². The van der Waals surface area contributed by atoms with Crippen LogP contribution in [-0.4, -0.2) is 48.7 Å². The lowest BCUT2D eigenvalue weighted by Gasteiger charge is -2.18. The summed E-state index contributed by atoms with van der Waals surface area (Å²) in [6.07, 6.45) is 5.43. The fourth-order valence-corrected chi connectivity index (χ4v) is 2.04. The van der Waals surface area contributed by atoms with E-state index in [1.807, 2.05) is 0 Å². The fraction of sp³-hybridized carbons (Fsp3) is 0.529. The van der Waals surface area contributed by atoms with Crippen LogP contribution >= 0.6 is 0 Å². The van der Waals surface area contributed by atoms with Gasteiger partial charge in [0, 0.05) is 13.5 Å². The van der Waals surface area contributed by atoms with Crippen LogP contribution in [0.2, 0.25) is 0 Å². The molecule has 0 unspecified atom stereocenters. The van der Waals surface area contributed by atoms with Crippen LogP contribution < -0.4 is 0 Å². The Morgan fingerprint density at radius 2 is 2.00 bits per heavy atom. The van der Waals surface area contributed by atoms with Crippen LogP contribution in [0.4, 0.5) is 0 Å². The molecule has 1 aliphatic rings. The van der Waals surface area contributed by atoms with Gasteiger partial charge in [-0.2, -0.15) is 0 Å². The van der Waals surface area contributed by atoms with E-state index in [4.69, 9.17) is 19.3 Å². The number of carbonyl (C=O) groups excluding carboxylic acids is 2. The summed E-state index contributed by atoms with van der Waals surface area (Å²) in [5.41, 5.74) is -1.39. The Bertz CT molecular complexity index is 543. The monoisotopic (exact) mass is 324 g/mol. The third kappa shape index (κ3) is 4.77. The Balaban J connectivity index is 2.96. The smallest absolute Gasteiger partial charge is 0.295 e. The van der Waals surface area contributed by atoms with Gasteiger partial charge in [-0.25, -0.2) is 0 Å². The number of hydrogen-bond acceptors (Lipinski definition) is 6. The zero-order valence-electron chi connectivity index (χ0n) is 14.2. The molecule has 0 amide bonds. The Kier molecular flexibility index (Phi) is 6.72. The zero-order chi connectivity index (χ0) is 17.6. The van der Waals surface area contributed by atoms with E-state index in [1.54, 1.807) is 39.0 Å². The van der Waals surface area contributed by atoms with Crippen molar-refractivity contribution in [2.75, 3.05) is 14.2 Å². The van der Waals surface area contributed by atoms with Crippen molar-refractivity contribution >= 4 is 11.6 Å². The molecule has 1 aliphatic heterocycles. The van der Waals surface area contributed by atoms with Crippen LogP contribution in [0, 0.1) is 0 Å². The summed E-state index contributed by atoms with van der Waals surface area (Å²) in [6, 6.07) is 0. The lowest BCUT2D eigenvalue weighted by molar-refractivity contribution is -0.128. The van der Waals surface area contributed by atoms with Gasteiger partial charge in [0.25, 0.3) is 5.95 Å². The van der Waals surface area contributed by atoms with Crippen molar-refractivity contribution in [1.29, 1.82) is 0 Å². The van der Waals surface area contributed by atoms with Crippen molar-refractivity contribution in [2.24, 2.45) is 0 Å². The van der Waals surface area contributed by atoms with E-state index in [-0.39, 0.29) is 29.8 Å². The number of allylic oxidation sites excluding steroid dienone is 2. The summed E-state index contributed by atoms with van der Waals surface area (Å²) in [5.74, 6) is -0.905. The molecule has 128 valence electrons. The quantitative estimate of drug-likeness (QED) is 0.540. The summed E-state index contributed by atoms with van der Waals surface area (Å²) in [7, 11) is 2.84. The zero-order valence-corrected chi connectivity index (χ0v) is 14.2. The molecule has 0 aromatic carbocycles. The second-order valence-corrected chi connectivity index (χ2v) is 5.56. The molecule has 0 saturated carbocycles. The van der Waals surface area contributed by atoms with E-state index in [9.17, 15) is 9.59 Å². The lowest BCUT2D eigenvalue weighted by Crippen LogP contribution is -2.33. The molecule has 0 aromatic rings. The summed E-state index contributed by atoms with van der Waals surface area (Å²) in [5, 5.41) is 9.16. The number of aliphatic hydroxyl groups excluding tert-OH is 1. The Labute approximate surface area is 136 Å². The van der Waals surface area contributed by atoms with Crippen LogP contribution in [-0.2, 0) is 23.8 Å². The molecule has 6 heteroatoms. The normalized spacial score (nSPS) is 24.3. The number of aliphatic hydroxyl groups is 1. The van der Waals surface area contributed by atoms with E-state index in [1.165, 1.54) is 20.3 Å². The first-order chi connectivity index (χ1) is 10.7. The third-order valence-corrected chi connectivity index (χ3v) is 3.44. The van der Waals surface area contributed by atoms with Gasteiger partial charge in [0.2, 0.25) is 5.78 Å². The molecule has 1 N–H and O–H groups in total. The minimum absolute atomic E-state index is 0.0650. The molecule has 0 bridgehead atoms. The van der Waals surface area contributed by atoms with E-state index in [2.05, 4.69) is 0 Å². The first kappa shape index (κ1) is 19.1. The predicted molar refractivity (Wildman–Crippen MR) is 84.6 cm³/mol. The summed E-state index contributed by atoms with van der Waals surface area (Å²) in [4.78, 5) is 24.9. The Hall–Kier alpha value is -1.92. The summed E-state index contributed by atoms with van der Waals surface area (Å²) < 4.78 is 15.6. The highest BCUT2D eigenvalue weighted by molar-refractivity contribution is 6.25. The maximum absolute atomic E-state index is 12.6. The first-order valence-corrected chi connectivity index (χ1v) is 7.37. The second-order valence-electron chi connectivity index (χ2n) is 5.56. The average molecular weight is 324 g/mol. The molecule has 0 spiro atoms. The van der Waals surface area contributed by atoms with Crippen molar-refractivity contribution in [3.05, 3.63) is 35.8 Å². The second kappa shape index (κ2) is 8.08. The van der Waals surface area contributed by atoms with Crippen LogP contribution in [0.3, 0.4) is 0 Å².